The zero-order chi connectivity index (χ0) is 15.6. The number of amides is 1. The molecule has 5 nitrogen and oxygen atoms in total. The summed E-state index contributed by atoms with van der Waals surface area (Å²) in [5, 5.41) is 20.8. The van der Waals surface area contributed by atoms with Crippen molar-refractivity contribution in [1.82, 2.24) is 15.5 Å². The van der Waals surface area contributed by atoms with Crippen LogP contribution in [0.5, 0.6) is 0 Å². The van der Waals surface area contributed by atoms with E-state index in [1.165, 1.54) is 0 Å². The molecule has 1 amide bonds. The van der Waals surface area contributed by atoms with Gasteiger partial charge in [0.05, 0.1) is 11.6 Å². The number of aliphatic hydroxyl groups excluding tert-OH is 1. The van der Waals surface area contributed by atoms with Gasteiger partial charge in [-0.2, -0.15) is 5.10 Å². The van der Waals surface area contributed by atoms with Crippen molar-refractivity contribution in [3.05, 3.63) is 30.0 Å². The number of hydrogen-bond donors (Lipinski definition) is 3. The van der Waals surface area contributed by atoms with Crippen LogP contribution in [-0.2, 0) is 0 Å². The molecule has 5 heteroatoms. The van der Waals surface area contributed by atoms with Crippen molar-refractivity contribution in [3.8, 4) is 0 Å². The highest BCUT2D eigenvalue weighted by Gasteiger charge is 2.31. The normalized spacial score (nSPS) is 13.6. The number of nitrogens with one attached hydrogen (secondary N) is 2. The summed E-state index contributed by atoms with van der Waals surface area (Å²) >= 11 is 0. The fraction of sp³-hybridized carbons (Fsp3) is 0.500. The molecule has 0 aliphatic carbocycles. The summed E-state index contributed by atoms with van der Waals surface area (Å²) in [6, 6.07) is 7.51. The molecule has 2 rings (SSSR count). The summed E-state index contributed by atoms with van der Waals surface area (Å²) < 4.78 is 0. The largest absolute Gasteiger partial charge is 0.392 e. The summed E-state index contributed by atoms with van der Waals surface area (Å²) in [4.78, 5) is 12.3. The first kappa shape index (κ1) is 15.5. The predicted octanol–water partition coefficient (Wildman–Crippen LogP) is 2.34. The Morgan fingerprint density at radius 3 is 2.71 bits per heavy atom. The second-order valence-electron chi connectivity index (χ2n) is 6.48. The fourth-order valence-corrected chi connectivity index (χ4v) is 2.54. The number of para-hydroxylation sites is 1. The van der Waals surface area contributed by atoms with Gasteiger partial charge in [-0.05, 0) is 12.0 Å². The van der Waals surface area contributed by atoms with Crippen molar-refractivity contribution in [2.75, 3.05) is 6.54 Å². The maximum absolute atomic E-state index is 12.3. The van der Waals surface area contributed by atoms with Gasteiger partial charge in [-0.3, -0.25) is 9.89 Å². The lowest BCUT2D eigenvalue weighted by Crippen LogP contribution is -2.43. The first-order chi connectivity index (χ1) is 9.83. The molecule has 0 radical (unpaired) electrons. The lowest BCUT2D eigenvalue weighted by molar-refractivity contribution is 0.0138. The summed E-state index contributed by atoms with van der Waals surface area (Å²) in [5.74, 6) is -0.0837. The van der Waals surface area contributed by atoms with Gasteiger partial charge < -0.3 is 10.4 Å². The molecule has 0 fully saturated rings. The number of fused-ring (bicyclic) bond motifs is 1. The number of carbonyl (C=O) groups is 1. The average molecular weight is 289 g/mol. The highest BCUT2D eigenvalue weighted by molar-refractivity contribution is 6.04. The standard InChI is InChI=1S/C16H23N3O2/c1-10(2)14(20)16(3,4)9-17-15(21)13-11-7-5-6-8-12(11)18-19-13/h5-8,10,14,20H,9H2,1-4H3,(H,17,21)(H,18,19). The third kappa shape index (κ3) is 3.24. The van der Waals surface area contributed by atoms with E-state index in [0.717, 1.165) is 10.9 Å². The van der Waals surface area contributed by atoms with Crippen molar-refractivity contribution in [2.24, 2.45) is 11.3 Å². The highest BCUT2D eigenvalue weighted by Crippen LogP contribution is 2.25. The van der Waals surface area contributed by atoms with Gasteiger partial charge in [-0.25, -0.2) is 0 Å². The Hall–Kier alpha value is -1.88. The van der Waals surface area contributed by atoms with Crippen LogP contribution >= 0.6 is 0 Å². The molecule has 114 valence electrons. The number of hydrogen-bond acceptors (Lipinski definition) is 3. The van der Waals surface area contributed by atoms with Crippen LogP contribution in [0.25, 0.3) is 10.9 Å². The third-order valence-electron chi connectivity index (χ3n) is 3.82. The molecular weight excluding hydrogens is 266 g/mol. The Morgan fingerprint density at radius 2 is 2.05 bits per heavy atom. The number of rotatable bonds is 5. The van der Waals surface area contributed by atoms with Crippen molar-refractivity contribution in [2.45, 2.75) is 33.8 Å². The molecule has 1 aromatic carbocycles. The molecular formula is C16H23N3O2. The predicted molar refractivity (Wildman–Crippen MR) is 83.1 cm³/mol. The minimum Gasteiger partial charge on any atom is -0.392 e. The van der Waals surface area contributed by atoms with Crippen LogP contribution in [-0.4, -0.2) is 33.9 Å². The van der Waals surface area contributed by atoms with Gasteiger partial charge in [0.25, 0.3) is 5.91 Å². The van der Waals surface area contributed by atoms with Crippen LogP contribution < -0.4 is 5.32 Å². The molecule has 0 saturated heterocycles. The number of aromatic amines is 1. The van der Waals surface area contributed by atoms with E-state index in [-0.39, 0.29) is 11.8 Å². The molecule has 1 aromatic heterocycles. The maximum Gasteiger partial charge on any atom is 0.272 e. The third-order valence-corrected chi connectivity index (χ3v) is 3.82. The molecule has 0 spiro atoms. The maximum atomic E-state index is 12.3. The Labute approximate surface area is 124 Å². The van der Waals surface area contributed by atoms with Gasteiger partial charge in [0, 0.05) is 17.3 Å². The zero-order valence-corrected chi connectivity index (χ0v) is 13.0. The second kappa shape index (κ2) is 5.85. The number of nitrogens with zero attached hydrogens (tertiary/aromatic N) is 1. The van der Waals surface area contributed by atoms with E-state index in [2.05, 4.69) is 15.5 Å². The van der Waals surface area contributed by atoms with E-state index in [0.29, 0.717) is 12.2 Å². The smallest absolute Gasteiger partial charge is 0.272 e. The SMILES string of the molecule is CC(C)C(O)C(C)(C)CNC(=O)c1n[nH]c2ccccc12. The summed E-state index contributed by atoms with van der Waals surface area (Å²) in [7, 11) is 0. The number of H-pyrrole nitrogens is 1. The van der Waals surface area contributed by atoms with Gasteiger partial charge in [0.15, 0.2) is 5.69 Å². The number of benzene rings is 1. The second-order valence-corrected chi connectivity index (χ2v) is 6.48. The van der Waals surface area contributed by atoms with Crippen LogP contribution in [0.3, 0.4) is 0 Å². The quantitative estimate of drug-likeness (QED) is 0.790. The van der Waals surface area contributed by atoms with Gasteiger partial charge in [0.1, 0.15) is 0 Å². The summed E-state index contributed by atoms with van der Waals surface area (Å²) in [5.41, 5.74) is 0.834. The Balaban J connectivity index is 2.09. The van der Waals surface area contributed by atoms with Crippen molar-refractivity contribution < 1.29 is 9.90 Å². The van der Waals surface area contributed by atoms with Crippen molar-refractivity contribution in [3.63, 3.8) is 0 Å². The van der Waals surface area contributed by atoms with E-state index < -0.39 is 11.5 Å². The zero-order valence-electron chi connectivity index (χ0n) is 13.0. The van der Waals surface area contributed by atoms with Crippen molar-refractivity contribution in [1.29, 1.82) is 0 Å². The minimum atomic E-state index is -0.478. The monoisotopic (exact) mass is 289 g/mol. The van der Waals surface area contributed by atoms with E-state index in [4.69, 9.17) is 0 Å². The number of carbonyl (C=O) groups excluding carboxylic acids is 1. The van der Waals surface area contributed by atoms with Crippen molar-refractivity contribution >= 4 is 16.8 Å². The lowest BCUT2D eigenvalue weighted by atomic mass is 9.80. The molecule has 1 atom stereocenters. The Bertz CT molecular complexity index is 631. The lowest BCUT2D eigenvalue weighted by Gasteiger charge is -2.33. The molecule has 21 heavy (non-hydrogen) atoms. The van der Waals surface area contributed by atoms with Gasteiger partial charge in [-0.15, -0.1) is 0 Å². The first-order valence-electron chi connectivity index (χ1n) is 7.22. The van der Waals surface area contributed by atoms with Crippen LogP contribution in [0.4, 0.5) is 0 Å². The molecule has 1 unspecified atom stereocenters. The molecule has 3 N–H and O–H groups in total. The first-order valence-corrected chi connectivity index (χ1v) is 7.22. The van der Waals surface area contributed by atoms with Gasteiger partial charge in [-0.1, -0.05) is 45.9 Å². The van der Waals surface area contributed by atoms with Crippen LogP contribution in [0.1, 0.15) is 38.2 Å². The topological polar surface area (TPSA) is 78.0 Å². The molecule has 1 heterocycles. The van der Waals surface area contributed by atoms with Gasteiger partial charge in [0.2, 0.25) is 0 Å². The highest BCUT2D eigenvalue weighted by atomic mass is 16.3. The average Bonchev–Trinajstić information content (AvgIpc) is 2.88. The Morgan fingerprint density at radius 1 is 1.38 bits per heavy atom. The molecule has 0 bridgehead atoms. The Kier molecular flexibility index (Phi) is 4.32. The van der Waals surface area contributed by atoms with E-state index in [1.54, 1.807) is 0 Å². The number of aliphatic hydroxyl groups is 1. The van der Waals surface area contributed by atoms with E-state index in [9.17, 15) is 9.90 Å². The fourth-order valence-electron chi connectivity index (χ4n) is 2.54. The van der Waals surface area contributed by atoms with Crippen LogP contribution in [0.2, 0.25) is 0 Å². The van der Waals surface area contributed by atoms with Crippen LogP contribution in [0, 0.1) is 11.3 Å². The number of aromatic nitrogens is 2. The van der Waals surface area contributed by atoms with Crippen LogP contribution in [0.15, 0.2) is 24.3 Å². The molecule has 0 aliphatic rings. The van der Waals surface area contributed by atoms with Gasteiger partial charge >= 0.3 is 0 Å². The summed E-state index contributed by atoms with van der Waals surface area (Å²) in [6.07, 6.45) is -0.478. The van der Waals surface area contributed by atoms with E-state index in [1.807, 2.05) is 52.0 Å². The molecule has 0 saturated carbocycles. The molecule has 0 aliphatic heterocycles. The summed E-state index contributed by atoms with van der Waals surface area (Å²) in [6.45, 7) is 8.22. The minimum absolute atomic E-state index is 0.142. The molecule has 2 aromatic rings. The van der Waals surface area contributed by atoms with E-state index >= 15 is 0 Å².